The van der Waals surface area contributed by atoms with Crippen LogP contribution in [0.4, 0.5) is 10.8 Å². The topological polar surface area (TPSA) is 92.3 Å². The molecule has 0 spiro atoms. The number of rotatable bonds is 8. The molecule has 0 radical (unpaired) electrons. The van der Waals surface area contributed by atoms with E-state index in [1.807, 2.05) is 56.3 Å². The van der Waals surface area contributed by atoms with Crippen molar-refractivity contribution in [2.45, 2.75) is 26.7 Å². The van der Waals surface area contributed by atoms with E-state index in [0.717, 1.165) is 21.7 Å². The van der Waals surface area contributed by atoms with Crippen LogP contribution in [0.1, 0.15) is 24.0 Å². The first-order chi connectivity index (χ1) is 14.2. The van der Waals surface area contributed by atoms with Crippen molar-refractivity contribution in [3.8, 4) is 10.6 Å². The van der Waals surface area contributed by atoms with Crippen molar-refractivity contribution < 1.29 is 13.2 Å². The molecule has 2 aromatic carbocycles. The molecule has 1 aromatic heterocycles. The lowest BCUT2D eigenvalue weighted by atomic mass is 10.1. The Bertz CT molecular complexity index is 1130. The molecule has 0 saturated heterocycles. The Hall–Kier alpha value is -2.78. The number of hydrogen-bond donors (Lipinski definition) is 1. The minimum Gasteiger partial charge on any atom is -0.301 e. The van der Waals surface area contributed by atoms with Gasteiger partial charge in [-0.3, -0.25) is 9.10 Å². The van der Waals surface area contributed by atoms with E-state index in [1.54, 1.807) is 6.07 Å². The van der Waals surface area contributed by atoms with Crippen LogP contribution >= 0.6 is 11.3 Å². The molecule has 3 aromatic rings. The summed E-state index contributed by atoms with van der Waals surface area (Å²) in [6.07, 6.45) is 1.74. The van der Waals surface area contributed by atoms with Crippen LogP contribution in [0.25, 0.3) is 10.6 Å². The molecular weight excluding hydrogens is 420 g/mol. The van der Waals surface area contributed by atoms with Crippen molar-refractivity contribution in [2.24, 2.45) is 0 Å². The first-order valence-corrected chi connectivity index (χ1v) is 12.1. The average molecular weight is 445 g/mol. The zero-order chi connectivity index (χ0) is 21.7. The lowest BCUT2D eigenvalue weighted by Gasteiger charge is -2.23. The molecule has 0 aliphatic rings. The number of aryl methyl sites for hydroxylation is 2. The second-order valence-corrected chi connectivity index (χ2v) is 9.92. The van der Waals surface area contributed by atoms with Gasteiger partial charge in [-0.1, -0.05) is 47.7 Å². The van der Waals surface area contributed by atoms with Crippen molar-refractivity contribution in [2.75, 3.05) is 22.4 Å². The third kappa shape index (κ3) is 5.64. The van der Waals surface area contributed by atoms with Crippen molar-refractivity contribution >= 4 is 38.1 Å². The molecule has 7 nitrogen and oxygen atoms in total. The number of sulfonamides is 1. The quantitative estimate of drug-likeness (QED) is 0.567. The highest BCUT2D eigenvalue weighted by molar-refractivity contribution is 7.92. The molecular formula is C21H24N4O3S2. The Kier molecular flexibility index (Phi) is 6.84. The van der Waals surface area contributed by atoms with Gasteiger partial charge in [-0.05, 0) is 43.5 Å². The van der Waals surface area contributed by atoms with Crippen LogP contribution in [0.5, 0.6) is 0 Å². The summed E-state index contributed by atoms with van der Waals surface area (Å²) < 4.78 is 25.8. The van der Waals surface area contributed by atoms with E-state index in [4.69, 9.17) is 0 Å². The van der Waals surface area contributed by atoms with Gasteiger partial charge in [0.15, 0.2) is 0 Å². The van der Waals surface area contributed by atoms with Gasteiger partial charge in [-0.15, -0.1) is 10.2 Å². The molecule has 0 saturated carbocycles. The molecule has 1 amide bonds. The molecule has 0 aliphatic heterocycles. The summed E-state index contributed by atoms with van der Waals surface area (Å²) in [5, 5.41) is 12.0. The third-order valence-electron chi connectivity index (χ3n) is 4.64. The second kappa shape index (κ2) is 9.36. The normalized spacial score (nSPS) is 11.3. The van der Waals surface area contributed by atoms with Gasteiger partial charge in [0.25, 0.3) is 0 Å². The highest BCUT2D eigenvalue weighted by Crippen LogP contribution is 2.26. The standard InChI is InChI=1S/C21H24N4O3S2/c1-15-11-12-18(14-16(15)2)25(30(3,27)28)13-7-10-19(26)22-21-24-23-20(29-21)17-8-5-4-6-9-17/h4-6,8-9,11-12,14H,7,10,13H2,1-3H3,(H,22,24,26). The molecule has 0 fully saturated rings. The molecule has 0 unspecified atom stereocenters. The van der Waals surface area contributed by atoms with Crippen LogP contribution in [0.15, 0.2) is 48.5 Å². The summed E-state index contributed by atoms with van der Waals surface area (Å²) in [7, 11) is -3.45. The summed E-state index contributed by atoms with van der Waals surface area (Å²) in [6, 6.07) is 15.1. The van der Waals surface area contributed by atoms with E-state index in [-0.39, 0.29) is 18.9 Å². The summed E-state index contributed by atoms with van der Waals surface area (Å²) in [5.74, 6) is -0.223. The number of aromatic nitrogens is 2. The van der Waals surface area contributed by atoms with Crippen LogP contribution in [-0.4, -0.2) is 37.3 Å². The molecule has 0 bridgehead atoms. The molecule has 0 aliphatic carbocycles. The van der Waals surface area contributed by atoms with Gasteiger partial charge in [0, 0.05) is 18.5 Å². The van der Waals surface area contributed by atoms with Gasteiger partial charge in [0.05, 0.1) is 11.9 Å². The number of benzene rings is 2. The number of anilines is 2. The van der Waals surface area contributed by atoms with Gasteiger partial charge < -0.3 is 5.32 Å². The van der Waals surface area contributed by atoms with Crippen molar-refractivity contribution in [1.82, 2.24) is 10.2 Å². The predicted octanol–water partition coefficient (Wildman–Crippen LogP) is 4.01. The van der Waals surface area contributed by atoms with Crippen LogP contribution in [-0.2, 0) is 14.8 Å². The van der Waals surface area contributed by atoms with Crippen LogP contribution < -0.4 is 9.62 Å². The Morgan fingerprint density at radius 3 is 2.47 bits per heavy atom. The summed E-state index contributed by atoms with van der Waals surface area (Å²) in [4.78, 5) is 12.3. The fourth-order valence-corrected chi connectivity index (χ4v) is 4.63. The number of nitrogens with zero attached hydrogens (tertiary/aromatic N) is 3. The summed E-state index contributed by atoms with van der Waals surface area (Å²) in [5.41, 5.74) is 3.66. The largest absolute Gasteiger partial charge is 0.301 e. The first kappa shape index (κ1) is 21.9. The predicted molar refractivity (Wildman–Crippen MR) is 121 cm³/mol. The highest BCUT2D eigenvalue weighted by Gasteiger charge is 2.18. The molecule has 30 heavy (non-hydrogen) atoms. The van der Waals surface area contributed by atoms with Gasteiger partial charge >= 0.3 is 0 Å². The van der Waals surface area contributed by atoms with Gasteiger partial charge in [0.2, 0.25) is 21.1 Å². The molecule has 1 heterocycles. The Balaban J connectivity index is 1.58. The summed E-state index contributed by atoms with van der Waals surface area (Å²) in [6.45, 7) is 4.14. The lowest BCUT2D eigenvalue weighted by Crippen LogP contribution is -2.31. The fraction of sp³-hybridized carbons (Fsp3) is 0.286. The number of hydrogen-bond acceptors (Lipinski definition) is 6. The first-order valence-electron chi connectivity index (χ1n) is 9.48. The molecule has 158 valence electrons. The average Bonchev–Trinajstić information content (AvgIpc) is 3.16. The zero-order valence-corrected chi connectivity index (χ0v) is 18.8. The highest BCUT2D eigenvalue weighted by atomic mass is 32.2. The molecule has 3 rings (SSSR count). The van der Waals surface area contributed by atoms with Gasteiger partial charge in [0.1, 0.15) is 5.01 Å². The number of nitrogens with one attached hydrogen (secondary N) is 1. The van der Waals surface area contributed by atoms with E-state index in [1.165, 1.54) is 21.9 Å². The SMILES string of the molecule is Cc1ccc(N(CCCC(=O)Nc2nnc(-c3ccccc3)s2)S(C)(=O)=O)cc1C. The van der Waals surface area contributed by atoms with E-state index >= 15 is 0 Å². The fourth-order valence-electron chi connectivity index (χ4n) is 2.90. The Morgan fingerprint density at radius 1 is 1.07 bits per heavy atom. The van der Waals surface area contributed by atoms with Crippen LogP contribution in [0.2, 0.25) is 0 Å². The number of carbonyl (C=O) groups is 1. The van der Waals surface area contributed by atoms with Crippen molar-refractivity contribution in [3.05, 3.63) is 59.7 Å². The van der Waals surface area contributed by atoms with Crippen molar-refractivity contribution in [3.63, 3.8) is 0 Å². The number of amides is 1. The maximum absolute atomic E-state index is 12.3. The van der Waals surface area contributed by atoms with E-state index in [0.29, 0.717) is 17.2 Å². The second-order valence-electron chi connectivity index (χ2n) is 7.03. The zero-order valence-electron chi connectivity index (χ0n) is 17.1. The Morgan fingerprint density at radius 2 is 1.80 bits per heavy atom. The van der Waals surface area contributed by atoms with Gasteiger partial charge in [-0.25, -0.2) is 8.42 Å². The van der Waals surface area contributed by atoms with Crippen LogP contribution in [0.3, 0.4) is 0 Å². The van der Waals surface area contributed by atoms with Crippen molar-refractivity contribution in [1.29, 1.82) is 0 Å². The Labute approximate surface area is 180 Å². The van der Waals surface area contributed by atoms with E-state index in [2.05, 4.69) is 15.5 Å². The molecule has 1 N–H and O–H groups in total. The smallest absolute Gasteiger partial charge is 0.232 e. The molecule has 0 atom stereocenters. The van der Waals surface area contributed by atoms with E-state index in [9.17, 15) is 13.2 Å². The van der Waals surface area contributed by atoms with E-state index < -0.39 is 10.0 Å². The molecule has 9 heteroatoms. The van der Waals surface area contributed by atoms with Gasteiger partial charge in [-0.2, -0.15) is 0 Å². The summed E-state index contributed by atoms with van der Waals surface area (Å²) >= 11 is 1.30. The maximum Gasteiger partial charge on any atom is 0.232 e. The van der Waals surface area contributed by atoms with Crippen LogP contribution in [0, 0.1) is 13.8 Å². The third-order valence-corrected chi connectivity index (χ3v) is 6.72. The lowest BCUT2D eigenvalue weighted by molar-refractivity contribution is -0.116. The minimum atomic E-state index is -3.45. The minimum absolute atomic E-state index is 0.178. The monoisotopic (exact) mass is 444 g/mol. The number of carbonyl (C=O) groups excluding carboxylic acids is 1. The maximum atomic E-state index is 12.3.